The first-order valence-electron chi connectivity index (χ1n) is 7.63. The zero-order valence-electron chi connectivity index (χ0n) is 13.0. The van der Waals surface area contributed by atoms with Crippen molar-refractivity contribution in [2.45, 2.75) is 19.9 Å². The van der Waals surface area contributed by atoms with Crippen LogP contribution in [0, 0.1) is 5.92 Å². The quantitative estimate of drug-likeness (QED) is 0.482. The number of hydrogen-bond donors (Lipinski definition) is 2. The highest BCUT2D eigenvalue weighted by Gasteiger charge is 2.29. The molecule has 1 atom stereocenters. The molecular formula is C16H26N4O. The van der Waals surface area contributed by atoms with E-state index in [-0.39, 0.29) is 11.9 Å². The molecular weight excluding hydrogens is 264 g/mol. The number of nitrogens with one attached hydrogen (secondary N) is 1. The summed E-state index contributed by atoms with van der Waals surface area (Å²) in [4.78, 5) is 16.9. The summed E-state index contributed by atoms with van der Waals surface area (Å²) in [5.74, 6) is 5.91. The van der Waals surface area contributed by atoms with Crippen molar-refractivity contribution in [3.63, 3.8) is 0 Å². The Morgan fingerprint density at radius 1 is 1.19 bits per heavy atom. The Bertz CT molecular complexity index is 441. The van der Waals surface area contributed by atoms with E-state index in [0.717, 1.165) is 38.3 Å². The third kappa shape index (κ3) is 4.27. The number of carbonyl (C=O) groups excluding carboxylic acids is 1. The summed E-state index contributed by atoms with van der Waals surface area (Å²) in [5.41, 5.74) is 3.31. The first-order chi connectivity index (χ1) is 10.1. The van der Waals surface area contributed by atoms with Crippen molar-refractivity contribution >= 4 is 5.91 Å². The molecule has 0 aromatic heterocycles. The topological polar surface area (TPSA) is 61.6 Å². The molecule has 116 valence electrons. The Balaban J connectivity index is 2.05. The van der Waals surface area contributed by atoms with Gasteiger partial charge in [0.05, 0.1) is 0 Å². The Morgan fingerprint density at radius 2 is 1.81 bits per heavy atom. The van der Waals surface area contributed by atoms with Gasteiger partial charge in [0.25, 0.3) is 5.91 Å². The molecule has 1 unspecified atom stereocenters. The van der Waals surface area contributed by atoms with Gasteiger partial charge in [-0.3, -0.25) is 15.1 Å². The number of amides is 1. The van der Waals surface area contributed by atoms with Crippen LogP contribution in [0.25, 0.3) is 0 Å². The molecule has 1 fully saturated rings. The van der Waals surface area contributed by atoms with Crippen molar-refractivity contribution in [1.82, 2.24) is 15.2 Å². The molecule has 1 aromatic rings. The second kappa shape index (κ2) is 7.54. The van der Waals surface area contributed by atoms with Crippen LogP contribution in [0.3, 0.4) is 0 Å². The standard InChI is InChI=1S/C16H26N4O/c1-13(2)12-19-8-10-20(11-9-19)15(16(21)18-17)14-6-4-3-5-7-14/h3-7,13,15H,8-12,17H2,1-2H3,(H,18,21). The van der Waals surface area contributed by atoms with Gasteiger partial charge in [-0.25, -0.2) is 5.84 Å². The molecule has 0 radical (unpaired) electrons. The molecule has 1 aliphatic rings. The third-order valence-electron chi connectivity index (χ3n) is 3.90. The smallest absolute Gasteiger partial charge is 0.255 e. The van der Waals surface area contributed by atoms with E-state index in [2.05, 4.69) is 29.1 Å². The molecule has 1 saturated heterocycles. The molecule has 3 N–H and O–H groups in total. The average molecular weight is 290 g/mol. The molecule has 0 bridgehead atoms. The van der Waals surface area contributed by atoms with Gasteiger partial charge in [0, 0.05) is 32.7 Å². The molecule has 1 amide bonds. The number of carbonyl (C=O) groups is 1. The minimum atomic E-state index is -0.294. The van der Waals surface area contributed by atoms with Gasteiger partial charge >= 0.3 is 0 Å². The number of piperazine rings is 1. The molecule has 5 nitrogen and oxygen atoms in total. The molecule has 0 saturated carbocycles. The van der Waals surface area contributed by atoms with Crippen molar-refractivity contribution in [3.05, 3.63) is 35.9 Å². The fraction of sp³-hybridized carbons (Fsp3) is 0.562. The van der Waals surface area contributed by atoms with E-state index in [1.807, 2.05) is 30.3 Å². The number of rotatable bonds is 5. The highest BCUT2D eigenvalue weighted by atomic mass is 16.2. The predicted octanol–water partition coefficient (Wildman–Crippen LogP) is 0.991. The van der Waals surface area contributed by atoms with Crippen LogP contribution in [0.1, 0.15) is 25.5 Å². The maximum absolute atomic E-state index is 12.2. The third-order valence-corrected chi connectivity index (χ3v) is 3.90. The summed E-state index contributed by atoms with van der Waals surface area (Å²) in [6.45, 7) is 9.37. The Morgan fingerprint density at radius 3 is 2.33 bits per heavy atom. The predicted molar refractivity (Wildman–Crippen MR) is 84.4 cm³/mol. The van der Waals surface area contributed by atoms with Gasteiger partial charge in [0.1, 0.15) is 6.04 Å². The van der Waals surface area contributed by atoms with Crippen molar-refractivity contribution in [2.75, 3.05) is 32.7 Å². The number of benzene rings is 1. The van der Waals surface area contributed by atoms with Crippen molar-refractivity contribution in [3.8, 4) is 0 Å². The molecule has 0 aliphatic carbocycles. The first-order valence-corrected chi connectivity index (χ1v) is 7.63. The van der Waals surface area contributed by atoms with E-state index < -0.39 is 0 Å². The van der Waals surface area contributed by atoms with E-state index in [0.29, 0.717) is 5.92 Å². The van der Waals surface area contributed by atoms with Gasteiger partial charge in [-0.2, -0.15) is 0 Å². The molecule has 1 aromatic carbocycles. The van der Waals surface area contributed by atoms with Crippen LogP contribution in [0.2, 0.25) is 0 Å². The molecule has 21 heavy (non-hydrogen) atoms. The lowest BCUT2D eigenvalue weighted by molar-refractivity contribution is -0.127. The molecule has 0 spiro atoms. The summed E-state index contributed by atoms with van der Waals surface area (Å²) in [6.07, 6.45) is 0. The largest absolute Gasteiger partial charge is 0.301 e. The number of hydrogen-bond acceptors (Lipinski definition) is 4. The van der Waals surface area contributed by atoms with Crippen LogP contribution in [0.4, 0.5) is 0 Å². The Hall–Kier alpha value is -1.43. The van der Waals surface area contributed by atoms with Crippen LogP contribution in [-0.2, 0) is 4.79 Å². The Labute approximate surface area is 127 Å². The van der Waals surface area contributed by atoms with Gasteiger partial charge in [-0.15, -0.1) is 0 Å². The highest BCUT2D eigenvalue weighted by molar-refractivity contribution is 5.82. The summed E-state index contributed by atoms with van der Waals surface area (Å²) >= 11 is 0. The zero-order valence-corrected chi connectivity index (χ0v) is 13.0. The van der Waals surface area contributed by atoms with E-state index in [4.69, 9.17) is 5.84 Å². The van der Waals surface area contributed by atoms with Gasteiger partial charge in [-0.1, -0.05) is 44.2 Å². The molecule has 2 rings (SSSR count). The van der Waals surface area contributed by atoms with Crippen LogP contribution >= 0.6 is 0 Å². The van der Waals surface area contributed by atoms with Crippen LogP contribution in [0.5, 0.6) is 0 Å². The summed E-state index contributed by atoms with van der Waals surface area (Å²) < 4.78 is 0. The van der Waals surface area contributed by atoms with Gasteiger partial charge in [0.2, 0.25) is 0 Å². The van der Waals surface area contributed by atoms with E-state index >= 15 is 0 Å². The monoisotopic (exact) mass is 290 g/mol. The number of hydrazine groups is 1. The lowest BCUT2D eigenvalue weighted by Crippen LogP contribution is -2.52. The second-order valence-electron chi connectivity index (χ2n) is 6.05. The fourth-order valence-corrected chi connectivity index (χ4v) is 2.96. The number of nitrogens with zero attached hydrogens (tertiary/aromatic N) is 2. The fourth-order valence-electron chi connectivity index (χ4n) is 2.96. The van der Waals surface area contributed by atoms with Crippen LogP contribution in [0.15, 0.2) is 30.3 Å². The maximum Gasteiger partial charge on any atom is 0.255 e. The molecule has 1 heterocycles. The van der Waals surface area contributed by atoms with Gasteiger partial charge in [0.15, 0.2) is 0 Å². The van der Waals surface area contributed by atoms with Gasteiger partial charge < -0.3 is 4.90 Å². The lowest BCUT2D eigenvalue weighted by Gasteiger charge is -2.39. The number of nitrogens with two attached hydrogens (primary N) is 1. The average Bonchev–Trinajstić information content (AvgIpc) is 2.49. The normalized spacial score (nSPS) is 18.7. The Kier molecular flexibility index (Phi) is 5.73. The van der Waals surface area contributed by atoms with Crippen LogP contribution < -0.4 is 11.3 Å². The van der Waals surface area contributed by atoms with E-state index in [1.54, 1.807) is 0 Å². The minimum Gasteiger partial charge on any atom is -0.301 e. The van der Waals surface area contributed by atoms with Crippen molar-refractivity contribution in [1.29, 1.82) is 0 Å². The summed E-state index contributed by atoms with van der Waals surface area (Å²) in [7, 11) is 0. The summed E-state index contributed by atoms with van der Waals surface area (Å²) in [6, 6.07) is 9.56. The molecule has 5 heteroatoms. The SMILES string of the molecule is CC(C)CN1CCN(C(C(=O)NN)c2ccccc2)CC1. The zero-order chi connectivity index (χ0) is 15.2. The molecule has 1 aliphatic heterocycles. The van der Waals surface area contributed by atoms with Crippen molar-refractivity contribution < 1.29 is 4.79 Å². The minimum absolute atomic E-state index is 0.140. The van der Waals surface area contributed by atoms with E-state index in [1.165, 1.54) is 0 Å². The summed E-state index contributed by atoms with van der Waals surface area (Å²) in [5, 5.41) is 0. The van der Waals surface area contributed by atoms with E-state index in [9.17, 15) is 4.79 Å². The maximum atomic E-state index is 12.2. The van der Waals surface area contributed by atoms with Gasteiger partial charge in [-0.05, 0) is 11.5 Å². The second-order valence-corrected chi connectivity index (χ2v) is 6.05. The first kappa shape index (κ1) is 15.9. The lowest BCUT2D eigenvalue weighted by atomic mass is 10.0. The van der Waals surface area contributed by atoms with Crippen molar-refractivity contribution in [2.24, 2.45) is 11.8 Å². The highest BCUT2D eigenvalue weighted by Crippen LogP contribution is 2.22. The van der Waals surface area contributed by atoms with Crippen LogP contribution in [-0.4, -0.2) is 48.4 Å².